The number of nitrogens with zero attached hydrogens (tertiary/aromatic N) is 1. The van der Waals surface area contributed by atoms with Crippen LogP contribution in [0.3, 0.4) is 0 Å². The molecule has 0 aliphatic heterocycles. The zero-order valence-electron chi connectivity index (χ0n) is 11.1. The third-order valence-electron chi connectivity index (χ3n) is 3.43. The van der Waals surface area contributed by atoms with Crippen molar-refractivity contribution in [2.45, 2.75) is 38.6 Å². The van der Waals surface area contributed by atoms with Crippen LogP contribution < -0.4 is 11.1 Å². The summed E-state index contributed by atoms with van der Waals surface area (Å²) >= 11 is 1.59. The Labute approximate surface area is 121 Å². The Bertz CT molecular complexity index is 594. The van der Waals surface area contributed by atoms with Crippen LogP contribution in [0, 0.1) is 0 Å². The Hall–Kier alpha value is -1.66. The van der Waals surface area contributed by atoms with Crippen molar-refractivity contribution in [3.8, 4) is 0 Å². The number of fused-ring (bicyclic) bond motifs is 1. The van der Waals surface area contributed by atoms with E-state index in [1.165, 1.54) is 30.4 Å². The lowest BCUT2D eigenvalue weighted by molar-refractivity contribution is 0.102. The van der Waals surface area contributed by atoms with Gasteiger partial charge in [-0.15, -0.1) is 11.3 Å². The molecular weight excluding hydrogens is 274 g/mol. The van der Waals surface area contributed by atoms with Crippen molar-refractivity contribution < 1.29 is 9.21 Å². The van der Waals surface area contributed by atoms with Gasteiger partial charge in [-0.3, -0.25) is 10.1 Å². The minimum absolute atomic E-state index is 0.197. The van der Waals surface area contributed by atoms with Gasteiger partial charge in [0, 0.05) is 4.88 Å². The summed E-state index contributed by atoms with van der Waals surface area (Å²) < 4.78 is 5.17. The second kappa shape index (κ2) is 5.76. The zero-order valence-corrected chi connectivity index (χ0v) is 12.0. The number of furan rings is 1. The molecule has 6 heteroatoms. The summed E-state index contributed by atoms with van der Waals surface area (Å²) in [6.45, 7) is 0.291. The monoisotopic (exact) mass is 291 g/mol. The predicted octanol–water partition coefficient (Wildman–Crippen LogP) is 2.72. The molecule has 2 aromatic rings. The number of aromatic nitrogens is 1. The Morgan fingerprint density at radius 2 is 2.25 bits per heavy atom. The van der Waals surface area contributed by atoms with Crippen molar-refractivity contribution in [2.75, 3.05) is 5.32 Å². The van der Waals surface area contributed by atoms with Crippen LogP contribution in [0.15, 0.2) is 16.7 Å². The van der Waals surface area contributed by atoms with Gasteiger partial charge in [-0.25, -0.2) is 4.98 Å². The normalized spacial score (nSPS) is 14.7. The van der Waals surface area contributed by atoms with E-state index in [0.29, 0.717) is 23.0 Å². The number of carbonyl (C=O) groups is 1. The van der Waals surface area contributed by atoms with Crippen molar-refractivity contribution in [2.24, 2.45) is 5.73 Å². The van der Waals surface area contributed by atoms with Crippen LogP contribution >= 0.6 is 11.3 Å². The van der Waals surface area contributed by atoms with Gasteiger partial charge in [0.1, 0.15) is 12.0 Å². The molecule has 0 saturated heterocycles. The first-order valence-electron chi connectivity index (χ1n) is 6.83. The molecule has 0 aromatic carbocycles. The Balaban J connectivity index is 1.72. The molecule has 1 amide bonds. The molecule has 3 N–H and O–H groups in total. The van der Waals surface area contributed by atoms with Crippen molar-refractivity contribution in [3.63, 3.8) is 0 Å². The molecule has 0 spiro atoms. The minimum atomic E-state index is -0.197. The zero-order chi connectivity index (χ0) is 13.9. The number of nitrogens with two attached hydrogens (primary N) is 1. The fourth-order valence-electron chi connectivity index (χ4n) is 2.36. The predicted molar refractivity (Wildman–Crippen MR) is 77.9 cm³/mol. The number of aryl methyl sites for hydroxylation is 2. The van der Waals surface area contributed by atoms with Crippen molar-refractivity contribution in [3.05, 3.63) is 34.2 Å². The SMILES string of the molecule is NCc1cc(C(=O)Nc2nc3c(s2)CCCCC3)co1. The average Bonchev–Trinajstić information content (AvgIpc) is 3.01. The summed E-state index contributed by atoms with van der Waals surface area (Å²) in [6.07, 6.45) is 7.18. The van der Waals surface area contributed by atoms with Crippen LogP contribution in [0.5, 0.6) is 0 Å². The molecule has 1 aliphatic carbocycles. The van der Waals surface area contributed by atoms with E-state index >= 15 is 0 Å². The highest BCUT2D eigenvalue weighted by Crippen LogP contribution is 2.29. The molecule has 106 valence electrons. The molecule has 2 aromatic heterocycles. The smallest absolute Gasteiger partial charge is 0.260 e. The fourth-order valence-corrected chi connectivity index (χ4v) is 3.40. The van der Waals surface area contributed by atoms with Gasteiger partial charge in [-0.1, -0.05) is 6.42 Å². The standard InChI is InChI=1S/C14H17N3O2S/c15-7-10-6-9(8-19-10)13(18)17-14-16-11-4-2-1-3-5-12(11)20-14/h6,8H,1-5,7,15H2,(H,16,17,18). The van der Waals surface area contributed by atoms with E-state index in [9.17, 15) is 4.79 Å². The number of rotatable bonds is 3. The van der Waals surface area contributed by atoms with Gasteiger partial charge in [0.2, 0.25) is 0 Å². The number of nitrogens with one attached hydrogen (secondary N) is 1. The molecule has 20 heavy (non-hydrogen) atoms. The highest BCUT2D eigenvalue weighted by molar-refractivity contribution is 7.15. The molecule has 0 fully saturated rings. The van der Waals surface area contributed by atoms with Crippen LogP contribution in [-0.4, -0.2) is 10.9 Å². The molecule has 0 radical (unpaired) electrons. The van der Waals surface area contributed by atoms with Gasteiger partial charge in [0.05, 0.1) is 17.8 Å². The number of anilines is 1. The summed E-state index contributed by atoms with van der Waals surface area (Å²) in [5, 5.41) is 3.52. The van der Waals surface area contributed by atoms with Crippen LogP contribution in [0.2, 0.25) is 0 Å². The molecule has 3 rings (SSSR count). The maximum absolute atomic E-state index is 12.1. The van der Waals surface area contributed by atoms with Gasteiger partial charge >= 0.3 is 0 Å². The fraction of sp³-hybridized carbons (Fsp3) is 0.429. The van der Waals surface area contributed by atoms with Crippen LogP contribution in [0.4, 0.5) is 5.13 Å². The number of hydrogen-bond acceptors (Lipinski definition) is 5. The third-order valence-corrected chi connectivity index (χ3v) is 4.51. The average molecular weight is 291 g/mol. The van der Waals surface area contributed by atoms with Crippen LogP contribution in [0.25, 0.3) is 0 Å². The Kier molecular flexibility index (Phi) is 3.84. The first-order valence-corrected chi connectivity index (χ1v) is 7.65. The second-order valence-corrected chi connectivity index (χ2v) is 5.99. The van der Waals surface area contributed by atoms with Crippen LogP contribution in [0.1, 0.15) is 46.0 Å². The van der Waals surface area contributed by atoms with Gasteiger partial charge in [0.25, 0.3) is 5.91 Å². The summed E-state index contributed by atoms with van der Waals surface area (Å²) in [7, 11) is 0. The molecule has 0 atom stereocenters. The summed E-state index contributed by atoms with van der Waals surface area (Å²) in [5.74, 6) is 0.405. The first-order chi connectivity index (χ1) is 9.76. The van der Waals surface area contributed by atoms with Crippen molar-refractivity contribution in [1.82, 2.24) is 4.98 Å². The first kappa shape index (κ1) is 13.3. The summed E-state index contributed by atoms with van der Waals surface area (Å²) in [6, 6.07) is 1.66. The second-order valence-electron chi connectivity index (χ2n) is 4.91. The molecule has 0 unspecified atom stereocenters. The molecule has 0 saturated carbocycles. The topological polar surface area (TPSA) is 81.2 Å². The van der Waals surface area contributed by atoms with Gasteiger partial charge in [0.15, 0.2) is 5.13 Å². The third kappa shape index (κ3) is 2.76. The van der Waals surface area contributed by atoms with E-state index in [1.807, 2.05) is 0 Å². The van der Waals surface area contributed by atoms with E-state index in [0.717, 1.165) is 18.5 Å². The number of hydrogen-bond donors (Lipinski definition) is 2. The lowest BCUT2D eigenvalue weighted by Gasteiger charge is -1.98. The van der Waals surface area contributed by atoms with E-state index in [2.05, 4.69) is 10.3 Å². The maximum atomic E-state index is 12.1. The highest BCUT2D eigenvalue weighted by Gasteiger charge is 2.16. The van der Waals surface area contributed by atoms with E-state index in [1.54, 1.807) is 17.4 Å². The van der Waals surface area contributed by atoms with Crippen molar-refractivity contribution in [1.29, 1.82) is 0 Å². The summed E-state index contributed by atoms with van der Waals surface area (Å²) in [5.41, 5.74) is 7.09. The number of carbonyl (C=O) groups excluding carboxylic acids is 1. The number of amides is 1. The van der Waals surface area contributed by atoms with Crippen molar-refractivity contribution >= 4 is 22.4 Å². The largest absolute Gasteiger partial charge is 0.467 e. The lowest BCUT2D eigenvalue weighted by atomic mass is 10.2. The van der Waals surface area contributed by atoms with E-state index in [4.69, 9.17) is 10.2 Å². The summed E-state index contributed by atoms with van der Waals surface area (Å²) in [4.78, 5) is 17.9. The molecule has 5 nitrogen and oxygen atoms in total. The minimum Gasteiger partial charge on any atom is -0.467 e. The molecule has 2 heterocycles. The maximum Gasteiger partial charge on any atom is 0.260 e. The molecule has 0 bridgehead atoms. The van der Waals surface area contributed by atoms with Crippen LogP contribution in [-0.2, 0) is 19.4 Å². The number of thiazole rings is 1. The highest BCUT2D eigenvalue weighted by atomic mass is 32.1. The van der Waals surface area contributed by atoms with Gasteiger partial charge in [-0.2, -0.15) is 0 Å². The van der Waals surface area contributed by atoms with Gasteiger partial charge < -0.3 is 10.2 Å². The van der Waals surface area contributed by atoms with E-state index < -0.39 is 0 Å². The molecular formula is C14H17N3O2S. The Morgan fingerprint density at radius 1 is 1.40 bits per heavy atom. The van der Waals surface area contributed by atoms with Gasteiger partial charge in [-0.05, 0) is 31.7 Å². The lowest BCUT2D eigenvalue weighted by Crippen LogP contribution is -2.10. The quantitative estimate of drug-likeness (QED) is 0.852. The van der Waals surface area contributed by atoms with E-state index in [-0.39, 0.29) is 5.91 Å². The molecule has 1 aliphatic rings. The Morgan fingerprint density at radius 3 is 3.05 bits per heavy atom.